The van der Waals surface area contributed by atoms with Gasteiger partial charge in [0.05, 0.1) is 18.2 Å². The molecule has 1 aliphatic heterocycles. The Bertz CT molecular complexity index is 990. The number of ketones is 1. The van der Waals surface area contributed by atoms with Gasteiger partial charge in [-0.2, -0.15) is 0 Å². The zero-order valence-corrected chi connectivity index (χ0v) is 18.1. The van der Waals surface area contributed by atoms with Crippen LogP contribution in [-0.4, -0.2) is 46.9 Å². The normalized spacial score (nSPS) is 18.8. The number of hydrogen-bond acceptors (Lipinski definition) is 5. The second-order valence-electron chi connectivity index (χ2n) is 8.55. The zero-order chi connectivity index (χ0) is 22.1. The Labute approximate surface area is 177 Å². The number of methoxy groups -OCH3 is 1. The first kappa shape index (κ1) is 21.7. The number of ether oxygens (including phenoxy) is 1. The molecule has 1 unspecified atom stereocenters. The fourth-order valence-electron chi connectivity index (χ4n) is 3.67. The minimum Gasteiger partial charge on any atom is -0.507 e. The van der Waals surface area contributed by atoms with Crippen molar-refractivity contribution < 1.29 is 19.4 Å². The van der Waals surface area contributed by atoms with Crippen molar-refractivity contribution in [3.63, 3.8) is 0 Å². The number of likely N-dealkylation sites (tertiary alicyclic amines) is 1. The van der Waals surface area contributed by atoms with E-state index in [1.54, 1.807) is 24.5 Å². The van der Waals surface area contributed by atoms with Crippen LogP contribution in [0.4, 0.5) is 0 Å². The Morgan fingerprint density at radius 3 is 2.57 bits per heavy atom. The first-order chi connectivity index (χ1) is 14.2. The highest BCUT2D eigenvalue weighted by Gasteiger charge is 2.46. The minimum absolute atomic E-state index is 0.0817. The van der Waals surface area contributed by atoms with Crippen molar-refractivity contribution in [3.8, 4) is 0 Å². The molecule has 0 aliphatic carbocycles. The molecular weight excluding hydrogens is 380 g/mol. The summed E-state index contributed by atoms with van der Waals surface area (Å²) in [4.78, 5) is 31.4. The highest BCUT2D eigenvalue weighted by atomic mass is 16.5. The first-order valence-electron chi connectivity index (χ1n) is 9.95. The van der Waals surface area contributed by atoms with Gasteiger partial charge in [-0.05, 0) is 41.2 Å². The summed E-state index contributed by atoms with van der Waals surface area (Å²) in [7, 11) is 1.54. The molecular formula is C24H28N2O4. The zero-order valence-electron chi connectivity index (χ0n) is 18.1. The van der Waals surface area contributed by atoms with Gasteiger partial charge in [-0.3, -0.25) is 14.6 Å². The third-order valence-electron chi connectivity index (χ3n) is 5.44. The Kier molecular flexibility index (Phi) is 6.08. The molecule has 1 atom stereocenters. The molecule has 1 aromatic heterocycles. The van der Waals surface area contributed by atoms with Crippen LogP contribution in [0.25, 0.3) is 5.76 Å². The molecule has 1 N–H and O–H groups in total. The van der Waals surface area contributed by atoms with Crippen molar-refractivity contribution >= 4 is 17.4 Å². The average Bonchev–Trinajstić information content (AvgIpc) is 2.96. The van der Waals surface area contributed by atoms with Crippen LogP contribution in [0.3, 0.4) is 0 Å². The number of aliphatic hydroxyl groups excluding tert-OH is 1. The molecule has 2 aromatic rings. The largest absolute Gasteiger partial charge is 0.507 e. The molecule has 1 fully saturated rings. The molecule has 1 amide bonds. The van der Waals surface area contributed by atoms with E-state index >= 15 is 0 Å². The molecule has 6 heteroatoms. The number of pyridine rings is 1. The summed E-state index contributed by atoms with van der Waals surface area (Å²) >= 11 is 0. The molecule has 6 nitrogen and oxygen atoms in total. The van der Waals surface area contributed by atoms with Gasteiger partial charge in [0.2, 0.25) is 0 Å². The Hall–Kier alpha value is -2.99. The van der Waals surface area contributed by atoms with Crippen LogP contribution in [0.2, 0.25) is 0 Å². The molecule has 0 bridgehead atoms. The van der Waals surface area contributed by atoms with E-state index in [1.807, 2.05) is 25.1 Å². The number of amides is 1. The second-order valence-corrected chi connectivity index (χ2v) is 8.55. The summed E-state index contributed by atoms with van der Waals surface area (Å²) in [5, 5.41) is 11.3. The second kappa shape index (κ2) is 8.40. The fraction of sp³-hybridized carbons (Fsp3) is 0.375. The molecule has 30 heavy (non-hydrogen) atoms. The molecule has 0 radical (unpaired) electrons. The van der Waals surface area contributed by atoms with E-state index in [0.717, 1.165) is 11.1 Å². The lowest BCUT2D eigenvalue weighted by molar-refractivity contribution is -0.140. The summed E-state index contributed by atoms with van der Waals surface area (Å²) in [5.74, 6) is -1.50. The van der Waals surface area contributed by atoms with Crippen molar-refractivity contribution in [3.05, 3.63) is 70.6 Å². The van der Waals surface area contributed by atoms with Crippen LogP contribution in [0.1, 0.15) is 49.1 Å². The summed E-state index contributed by atoms with van der Waals surface area (Å²) < 4.78 is 5.12. The number of carbonyl (C=O) groups is 2. The van der Waals surface area contributed by atoms with Gasteiger partial charge < -0.3 is 14.7 Å². The highest BCUT2D eigenvalue weighted by Crippen LogP contribution is 2.40. The van der Waals surface area contributed by atoms with Gasteiger partial charge in [-0.15, -0.1) is 0 Å². The lowest BCUT2D eigenvalue weighted by atomic mass is 9.84. The number of Topliss-reactive ketones (excluding diaryl/α,β-unsaturated/α-hetero) is 1. The quantitative estimate of drug-likeness (QED) is 0.463. The summed E-state index contributed by atoms with van der Waals surface area (Å²) in [5.41, 5.74) is 3.03. The monoisotopic (exact) mass is 408 g/mol. The summed E-state index contributed by atoms with van der Waals surface area (Å²) in [6, 6.07) is 8.67. The van der Waals surface area contributed by atoms with Crippen LogP contribution < -0.4 is 0 Å². The van der Waals surface area contributed by atoms with Gasteiger partial charge >= 0.3 is 0 Å². The van der Waals surface area contributed by atoms with Crippen molar-refractivity contribution in [1.29, 1.82) is 0 Å². The van der Waals surface area contributed by atoms with E-state index in [4.69, 9.17) is 4.74 Å². The molecule has 1 saturated heterocycles. The van der Waals surface area contributed by atoms with Gasteiger partial charge in [-0.25, -0.2) is 0 Å². The number of aliphatic hydroxyl groups is 1. The molecule has 0 saturated carbocycles. The molecule has 2 heterocycles. The Balaban J connectivity index is 2.21. The number of carbonyl (C=O) groups excluding carboxylic acids is 2. The third kappa shape index (κ3) is 4.00. The summed E-state index contributed by atoms with van der Waals surface area (Å²) in [6.07, 6.45) is 3.24. The number of nitrogens with zero attached hydrogens (tertiary/aromatic N) is 2. The Morgan fingerprint density at radius 1 is 1.23 bits per heavy atom. The maximum atomic E-state index is 13.0. The van der Waals surface area contributed by atoms with Crippen LogP contribution in [0.15, 0.2) is 48.3 Å². The standard InChI is InChI=1S/C24H28N2O4/c1-15-8-9-17(24(2,3)4)13-18(15)21(27)19-20(16-7-6-10-25-14-16)26(11-12-30-5)23(29)22(19)28/h6-10,13-14,20,27H,11-12H2,1-5H3/b21-19+. The van der Waals surface area contributed by atoms with Crippen molar-refractivity contribution in [2.75, 3.05) is 20.3 Å². The number of hydrogen-bond donors (Lipinski definition) is 1. The third-order valence-corrected chi connectivity index (χ3v) is 5.44. The van der Waals surface area contributed by atoms with Crippen LogP contribution in [0.5, 0.6) is 0 Å². The topological polar surface area (TPSA) is 79.7 Å². The van der Waals surface area contributed by atoms with Gasteiger partial charge in [0, 0.05) is 31.6 Å². The predicted molar refractivity (Wildman–Crippen MR) is 115 cm³/mol. The van der Waals surface area contributed by atoms with Crippen LogP contribution >= 0.6 is 0 Å². The van der Waals surface area contributed by atoms with E-state index in [2.05, 4.69) is 25.8 Å². The van der Waals surface area contributed by atoms with Gasteiger partial charge in [0.15, 0.2) is 0 Å². The molecule has 1 aliphatic rings. The summed E-state index contributed by atoms with van der Waals surface area (Å²) in [6.45, 7) is 8.64. The highest BCUT2D eigenvalue weighted by molar-refractivity contribution is 6.46. The van der Waals surface area contributed by atoms with Gasteiger partial charge in [0.25, 0.3) is 11.7 Å². The molecule has 1 aromatic carbocycles. The maximum absolute atomic E-state index is 13.0. The lowest BCUT2D eigenvalue weighted by Gasteiger charge is -2.25. The van der Waals surface area contributed by atoms with E-state index in [9.17, 15) is 14.7 Å². The van der Waals surface area contributed by atoms with E-state index < -0.39 is 17.7 Å². The predicted octanol–water partition coefficient (Wildman–Crippen LogP) is 3.76. The minimum atomic E-state index is -0.716. The maximum Gasteiger partial charge on any atom is 0.295 e. The van der Waals surface area contributed by atoms with E-state index in [0.29, 0.717) is 11.1 Å². The molecule has 158 valence electrons. The number of rotatable bonds is 5. The smallest absolute Gasteiger partial charge is 0.295 e. The number of benzene rings is 1. The first-order valence-corrected chi connectivity index (χ1v) is 9.95. The van der Waals surface area contributed by atoms with Crippen LogP contribution in [0, 0.1) is 6.92 Å². The van der Waals surface area contributed by atoms with Crippen LogP contribution in [-0.2, 0) is 19.7 Å². The van der Waals surface area contributed by atoms with Crippen molar-refractivity contribution in [1.82, 2.24) is 9.88 Å². The lowest BCUT2D eigenvalue weighted by Crippen LogP contribution is -2.32. The van der Waals surface area contributed by atoms with Gasteiger partial charge in [-0.1, -0.05) is 39.0 Å². The fourth-order valence-corrected chi connectivity index (χ4v) is 3.67. The van der Waals surface area contributed by atoms with Crippen molar-refractivity contribution in [2.45, 2.75) is 39.2 Å². The Morgan fingerprint density at radius 2 is 1.97 bits per heavy atom. The van der Waals surface area contributed by atoms with E-state index in [1.165, 1.54) is 12.0 Å². The SMILES string of the molecule is COCCN1C(=O)C(=O)/C(=C(/O)c2cc(C(C)(C)C)ccc2C)C1c1cccnc1. The van der Waals surface area contributed by atoms with E-state index in [-0.39, 0.29) is 29.9 Å². The average molecular weight is 408 g/mol. The van der Waals surface area contributed by atoms with Gasteiger partial charge in [0.1, 0.15) is 5.76 Å². The number of aryl methyl sites for hydroxylation is 1. The van der Waals surface area contributed by atoms with Crippen molar-refractivity contribution in [2.24, 2.45) is 0 Å². The molecule has 3 rings (SSSR count). The number of aromatic nitrogens is 1. The molecule has 0 spiro atoms.